The topological polar surface area (TPSA) is 47.3 Å². The van der Waals surface area contributed by atoms with Gasteiger partial charge in [-0.2, -0.15) is 5.10 Å². The Balaban J connectivity index is 2.49. The highest BCUT2D eigenvalue weighted by Crippen LogP contribution is 2.33. The van der Waals surface area contributed by atoms with Gasteiger partial charge in [0.2, 0.25) is 0 Å². The predicted octanol–water partition coefficient (Wildman–Crippen LogP) is 3.18. The molecule has 6 heteroatoms. The minimum atomic E-state index is -1.18. The molecule has 2 rings (SSSR count). The van der Waals surface area contributed by atoms with E-state index in [4.69, 9.17) is 16.3 Å². The van der Waals surface area contributed by atoms with E-state index in [1.807, 2.05) is 6.92 Å². The van der Waals surface area contributed by atoms with Crippen molar-refractivity contribution in [1.29, 1.82) is 0 Å². The molecular weight excluding hydrogens is 283 g/mol. The highest BCUT2D eigenvalue weighted by molar-refractivity contribution is 6.30. The average Bonchev–Trinajstić information content (AvgIpc) is 2.84. The van der Waals surface area contributed by atoms with E-state index in [9.17, 15) is 9.50 Å². The number of aliphatic hydroxyl groups is 1. The summed E-state index contributed by atoms with van der Waals surface area (Å²) in [5.41, 5.74) is 0.532. The van der Waals surface area contributed by atoms with Crippen molar-refractivity contribution < 1.29 is 14.2 Å². The summed E-state index contributed by atoms with van der Waals surface area (Å²) < 4.78 is 20.8. The molecule has 4 nitrogen and oxygen atoms in total. The second-order valence-electron chi connectivity index (χ2n) is 4.37. The summed E-state index contributed by atoms with van der Waals surface area (Å²) in [4.78, 5) is 0. The van der Waals surface area contributed by atoms with Crippen molar-refractivity contribution in [2.45, 2.75) is 26.0 Å². The molecule has 0 saturated carbocycles. The van der Waals surface area contributed by atoms with E-state index < -0.39 is 11.9 Å². The quantitative estimate of drug-likeness (QED) is 0.922. The van der Waals surface area contributed by atoms with Crippen molar-refractivity contribution in [3.05, 3.63) is 46.5 Å². The van der Waals surface area contributed by atoms with Crippen LogP contribution in [0.15, 0.2) is 24.4 Å². The number of hydrogen-bond donors (Lipinski definition) is 1. The highest BCUT2D eigenvalue weighted by Gasteiger charge is 2.24. The number of rotatable bonds is 5. The van der Waals surface area contributed by atoms with Gasteiger partial charge in [-0.3, -0.25) is 4.68 Å². The van der Waals surface area contributed by atoms with Crippen molar-refractivity contribution in [2.75, 3.05) is 7.11 Å². The Kier molecular flexibility index (Phi) is 4.62. The van der Waals surface area contributed by atoms with E-state index in [1.54, 1.807) is 10.7 Å². The fourth-order valence-electron chi connectivity index (χ4n) is 2.08. The van der Waals surface area contributed by atoms with Crippen molar-refractivity contribution >= 4 is 11.6 Å². The number of aliphatic hydroxyl groups excluding tert-OH is 1. The Bertz CT molecular complexity index is 601. The fourth-order valence-corrected chi connectivity index (χ4v) is 2.26. The molecule has 1 aromatic heterocycles. The normalized spacial score (nSPS) is 12.4. The zero-order valence-electron chi connectivity index (χ0n) is 11.3. The number of nitrogens with zero attached hydrogens (tertiary/aromatic N) is 2. The van der Waals surface area contributed by atoms with Gasteiger partial charge in [0.1, 0.15) is 17.6 Å². The summed E-state index contributed by atoms with van der Waals surface area (Å²) >= 11 is 5.75. The predicted molar refractivity (Wildman–Crippen MR) is 74.5 cm³/mol. The lowest BCUT2D eigenvalue weighted by atomic mass is 10.1. The van der Waals surface area contributed by atoms with Crippen molar-refractivity contribution in [3.63, 3.8) is 0 Å². The maximum atomic E-state index is 14.0. The zero-order valence-corrected chi connectivity index (χ0v) is 12.1. The van der Waals surface area contributed by atoms with Gasteiger partial charge in [0.25, 0.3) is 0 Å². The highest BCUT2D eigenvalue weighted by atomic mass is 35.5. The van der Waals surface area contributed by atoms with Gasteiger partial charge in [0.05, 0.1) is 18.3 Å². The van der Waals surface area contributed by atoms with Gasteiger partial charge in [-0.25, -0.2) is 4.39 Å². The van der Waals surface area contributed by atoms with Gasteiger partial charge in [-0.15, -0.1) is 0 Å². The maximum absolute atomic E-state index is 14.0. The van der Waals surface area contributed by atoms with Crippen LogP contribution in [0, 0.1) is 5.82 Å². The van der Waals surface area contributed by atoms with Gasteiger partial charge >= 0.3 is 0 Å². The molecule has 0 radical (unpaired) electrons. The Morgan fingerprint density at radius 2 is 2.25 bits per heavy atom. The fraction of sp³-hybridized carbons (Fsp3) is 0.357. The first kappa shape index (κ1) is 14.8. The van der Waals surface area contributed by atoms with Crippen LogP contribution in [0.3, 0.4) is 0 Å². The molecule has 0 aliphatic rings. The number of methoxy groups -OCH3 is 1. The molecule has 0 aliphatic carbocycles. The number of halogens is 2. The summed E-state index contributed by atoms with van der Waals surface area (Å²) in [6.45, 7) is 2.60. The van der Waals surface area contributed by atoms with Crippen molar-refractivity contribution in [1.82, 2.24) is 9.78 Å². The molecule has 0 bridgehead atoms. The molecule has 1 heterocycles. The van der Waals surface area contributed by atoms with Gasteiger partial charge in [0.15, 0.2) is 5.75 Å². The first-order valence-corrected chi connectivity index (χ1v) is 6.69. The van der Waals surface area contributed by atoms with Crippen LogP contribution in [0.5, 0.6) is 5.75 Å². The Morgan fingerprint density at radius 3 is 2.90 bits per heavy atom. The molecule has 0 spiro atoms. The number of ether oxygens (including phenoxy) is 1. The monoisotopic (exact) mass is 298 g/mol. The molecule has 0 aliphatic heterocycles. The minimum absolute atomic E-state index is 0.0259. The van der Waals surface area contributed by atoms with Crippen LogP contribution >= 0.6 is 11.6 Å². The smallest absolute Gasteiger partial charge is 0.163 e. The second kappa shape index (κ2) is 6.24. The third-order valence-corrected chi connectivity index (χ3v) is 3.33. The van der Waals surface area contributed by atoms with E-state index in [0.717, 1.165) is 6.42 Å². The first-order valence-electron chi connectivity index (χ1n) is 6.31. The van der Waals surface area contributed by atoms with Crippen LogP contribution in [-0.4, -0.2) is 22.0 Å². The largest absolute Gasteiger partial charge is 0.493 e. The van der Waals surface area contributed by atoms with Gasteiger partial charge in [0, 0.05) is 12.1 Å². The SMILES string of the molecule is CCCn1ncc(OC)c1C(O)c1cccc(Cl)c1F. The molecular formula is C14H16ClFN2O2. The van der Waals surface area contributed by atoms with E-state index in [0.29, 0.717) is 18.0 Å². The lowest BCUT2D eigenvalue weighted by Crippen LogP contribution is -2.12. The average molecular weight is 299 g/mol. The number of hydrogen-bond acceptors (Lipinski definition) is 3. The molecule has 2 aromatic rings. The van der Waals surface area contributed by atoms with Crippen molar-refractivity contribution in [3.8, 4) is 5.75 Å². The van der Waals surface area contributed by atoms with Crippen LogP contribution in [-0.2, 0) is 6.54 Å². The van der Waals surface area contributed by atoms with Crippen LogP contribution in [0.1, 0.15) is 30.7 Å². The Hall–Kier alpha value is -1.59. The molecule has 1 aromatic carbocycles. The Morgan fingerprint density at radius 1 is 1.50 bits per heavy atom. The number of benzene rings is 1. The van der Waals surface area contributed by atoms with Crippen molar-refractivity contribution in [2.24, 2.45) is 0 Å². The van der Waals surface area contributed by atoms with Gasteiger partial charge in [-0.1, -0.05) is 30.7 Å². The van der Waals surface area contributed by atoms with Gasteiger partial charge < -0.3 is 9.84 Å². The third kappa shape index (κ3) is 2.64. The van der Waals surface area contributed by atoms with Crippen LogP contribution < -0.4 is 4.74 Å². The molecule has 0 saturated heterocycles. The maximum Gasteiger partial charge on any atom is 0.163 e. The van der Waals surface area contributed by atoms with E-state index in [-0.39, 0.29) is 10.6 Å². The first-order chi connectivity index (χ1) is 9.60. The molecule has 1 atom stereocenters. The third-order valence-electron chi connectivity index (χ3n) is 3.04. The van der Waals surface area contributed by atoms with E-state index >= 15 is 0 Å². The second-order valence-corrected chi connectivity index (χ2v) is 4.77. The number of aryl methyl sites for hydroxylation is 1. The minimum Gasteiger partial charge on any atom is -0.493 e. The standard InChI is InChI=1S/C14H16ClFN2O2/c1-3-7-18-13(11(20-2)8-17-18)14(19)9-5-4-6-10(15)12(9)16/h4-6,8,14,19H,3,7H2,1-2H3. The van der Waals surface area contributed by atoms with Crippen LogP contribution in [0.2, 0.25) is 5.02 Å². The molecule has 20 heavy (non-hydrogen) atoms. The van der Waals surface area contributed by atoms with Gasteiger partial charge in [-0.05, 0) is 12.5 Å². The summed E-state index contributed by atoms with van der Waals surface area (Å²) in [5.74, 6) is -0.210. The zero-order chi connectivity index (χ0) is 14.7. The summed E-state index contributed by atoms with van der Waals surface area (Å²) in [5, 5.41) is 14.6. The van der Waals surface area contributed by atoms with E-state index in [2.05, 4.69) is 5.10 Å². The number of aromatic nitrogens is 2. The lowest BCUT2D eigenvalue weighted by Gasteiger charge is -2.16. The summed E-state index contributed by atoms with van der Waals surface area (Å²) in [6, 6.07) is 4.53. The summed E-state index contributed by atoms with van der Waals surface area (Å²) in [7, 11) is 1.48. The molecule has 0 fully saturated rings. The lowest BCUT2D eigenvalue weighted by molar-refractivity contribution is 0.197. The van der Waals surface area contributed by atoms with E-state index in [1.165, 1.54) is 25.4 Å². The molecule has 108 valence electrons. The van der Waals surface area contributed by atoms with Crippen LogP contribution in [0.25, 0.3) is 0 Å². The molecule has 1 unspecified atom stereocenters. The van der Waals surface area contributed by atoms with Crippen LogP contribution in [0.4, 0.5) is 4.39 Å². The Labute approximate surface area is 121 Å². The summed E-state index contributed by atoms with van der Waals surface area (Å²) in [6.07, 6.45) is 1.16. The molecule has 0 amide bonds. The molecule has 1 N–H and O–H groups in total.